The van der Waals surface area contributed by atoms with Crippen molar-refractivity contribution in [3.8, 4) is 5.69 Å². The highest BCUT2D eigenvalue weighted by Crippen LogP contribution is 2.30. The first kappa shape index (κ1) is 24.9. The molecule has 1 aromatic heterocycles. The van der Waals surface area contributed by atoms with E-state index in [0.717, 1.165) is 0 Å². The molecule has 8 heteroatoms. The molecule has 4 rings (SSSR count). The molecule has 0 saturated carbocycles. The van der Waals surface area contributed by atoms with E-state index in [0.29, 0.717) is 52.4 Å². The number of carbonyl (C=O) groups is 1. The Bertz CT molecular complexity index is 1450. The zero-order chi connectivity index (χ0) is 25.1. The van der Waals surface area contributed by atoms with E-state index in [9.17, 15) is 14.0 Å². The second-order valence-electron chi connectivity index (χ2n) is 8.13. The van der Waals surface area contributed by atoms with E-state index in [1.54, 1.807) is 53.4 Å². The summed E-state index contributed by atoms with van der Waals surface area (Å²) in [6, 6.07) is 17.4. The molecular weight excluding hydrogens is 488 g/mol. The Hall–Kier alpha value is -3.22. The fraction of sp³-hybridized carbons (Fsp3) is 0.222. The topological polar surface area (TPSA) is 55.2 Å². The SMILES string of the molecule is CCCN(C(=O)c1ccccc1Cl)C(CC)c1nc2ccccc2c(=O)n1-c1ccc(F)c(Cl)c1. The largest absolute Gasteiger partial charge is 0.328 e. The molecule has 3 aromatic carbocycles. The minimum atomic E-state index is -0.590. The van der Waals surface area contributed by atoms with Crippen LogP contribution in [0.25, 0.3) is 16.6 Å². The molecule has 0 fully saturated rings. The van der Waals surface area contributed by atoms with Crippen molar-refractivity contribution >= 4 is 40.0 Å². The number of hydrogen-bond acceptors (Lipinski definition) is 3. The minimum absolute atomic E-state index is 0.112. The Morgan fingerprint density at radius 3 is 2.43 bits per heavy atom. The molecule has 0 aliphatic carbocycles. The lowest BCUT2D eigenvalue weighted by Crippen LogP contribution is -2.39. The van der Waals surface area contributed by atoms with Crippen LogP contribution in [0.3, 0.4) is 0 Å². The van der Waals surface area contributed by atoms with Gasteiger partial charge in [-0.05, 0) is 55.3 Å². The van der Waals surface area contributed by atoms with E-state index < -0.39 is 11.9 Å². The molecular formula is C27H24Cl2FN3O2. The van der Waals surface area contributed by atoms with Gasteiger partial charge in [-0.2, -0.15) is 0 Å². The molecule has 0 aliphatic rings. The summed E-state index contributed by atoms with van der Waals surface area (Å²) in [7, 11) is 0. The summed E-state index contributed by atoms with van der Waals surface area (Å²) >= 11 is 12.4. The third kappa shape index (κ3) is 4.81. The van der Waals surface area contributed by atoms with Gasteiger partial charge in [0.1, 0.15) is 11.6 Å². The van der Waals surface area contributed by atoms with Gasteiger partial charge in [-0.3, -0.25) is 14.2 Å². The van der Waals surface area contributed by atoms with Gasteiger partial charge in [-0.15, -0.1) is 0 Å². The molecule has 35 heavy (non-hydrogen) atoms. The van der Waals surface area contributed by atoms with Crippen LogP contribution in [0, 0.1) is 5.82 Å². The summed E-state index contributed by atoms with van der Waals surface area (Å²) in [5.74, 6) is -0.476. The molecule has 1 unspecified atom stereocenters. The van der Waals surface area contributed by atoms with E-state index in [1.807, 2.05) is 13.8 Å². The molecule has 1 heterocycles. The standard InChI is InChI=1S/C27H24Cl2FN3O2/c1-3-15-32(26(34)18-9-5-7-11-20(18)28)24(4-2)25-31-23-12-8-6-10-19(23)27(35)33(25)17-13-14-22(30)21(29)16-17/h5-14,16,24H,3-4,15H2,1-2H3. The summed E-state index contributed by atoms with van der Waals surface area (Å²) in [5, 5.41) is 0.646. The van der Waals surface area contributed by atoms with Crippen LogP contribution in [0.2, 0.25) is 10.0 Å². The molecule has 0 radical (unpaired) electrons. The maximum atomic E-state index is 14.0. The van der Waals surface area contributed by atoms with Gasteiger partial charge in [0, 0.05) is 6.54 Å². The molecule has 0 aliphatic heterocycles. The molecule has 0 N–H and O–H groups in total. The third-order valence-corrected chi connectivity index (χ3v) is 6.47. The monoisotopic (exact) mass is 511 g/mol. The van der Waals surface area contributed by atoms with Crippen LogP contribution in [0.5, 0.6) is 0 Å². The highest BCUT2D eigenvalue weighted by molar-refractivity contribution is 6.33. The van der Waals surface area contributed by atoms with Gasteiger partial charge in [0.15, 0.2) is 0 Å². The second-order valence-corrected chi connectivity index (χ2v) is 8.94. The van der Waals surface area contributed by atoms with Crippen molar-refractivity contribution in [1.29, 1.82) is 0 Å². The number of benzene rings is 3. The first-order valence-electron chi connectivity index (χ1n) is 11.4. The molecule has 0 spiro atoms. The number of para-hydroxylation sites is 1. The van der Waals surface area contributed by atoms with Gasteiger partial charge >= 0.3 is 0 Å². The number of nitrogens with zero attached hydrogens (tertiary/aromatic N) is 3. The summed E-state index contributed by atoms with van der Waals surface area (Å²) in [6.45, 7) is 4.33. The predicted molar refractivity (Wildman–Crippen MR) is 138 cm³/mol. The van der Waals surface area contributed by atoms with E-state index in [2.05, 4.69) is 0 Å². The third-order valence-electron chi connectivity index (χ3n) is 5.85. The van der Waals surface area contributed by atoms with Crippen molar-refractivity contribution in [3.63, 3.8) is 0 Å². The average Bonchev–Trinajstić information content (AvgIpc) is 2.86. The zero-order valence-corrected chi connectivity index (χ0v) is 20.9. The molecule has 0 bridgehead atoms. The highest BCUT2D eigenvalue weighted by atomic mass is 35.5. The fourth-order valence-corrected chi connectivity index (χ4v) is 4.61. The Labute approximate surface area is 212 Å². The van der Waals surface area contributed by atoms with E-state index in [4.69, 9.17) is 28.2 Å². The summed E-state index contributed by atoms with van der Waals surface area (Å²) in [6.07, 6.45) is 1.17. The van der Waals surface area contributed by atoms with Gasteiger partial charge in [0.2, 0.25) is 0 Å². The van der Waals surface area contributed by atoms with E-state index in [-0.39, 0.29) is 16.5 Å². The van der Waals surface area contributed by atoms with Crippen molar-refractivity contribution in [1.82, 2.24) is 14.5 Å². The molecule has 4 aromatic rings. The van der Waals surface area contributed by atoms with Gasteiger partial charge in [0.05, 0.1) is 38.2 Å². The Kier molecular flexibility index (Phi) is 7.53. The number of carbonyl (C=O) groups excluding carboxylic acids is 1. The van der Waals surface area contributed by atoms with Crippen LogP contribution >= 0.6 is 23.2 Å². The van der Waals surface area contributed by atoms with E-state index >= 15 is 0 Å². The quantitative estimate of drug-likeness (QED) is 0.273. The number of rotatable bonds is 7. The molecule has 1 amide bonds. The Balaban J connectivity index is 1.97. The van der Waals surface area contributed by atoms with Crippen LogP contribution in [0.4, 0.5) is 4.39 Å². The maximum Gasteiger partial charge on any atom is 0.266 e. The number of amides is 1. The average molecular weight is 512 g/mol. The predicted octanol–water partition coefficient (Wildman–Crippen LogP) is 6.84. The Morgan fingerprint density at radius 2 is 1.74 bits per heavy atom. The van der Waals surface area contributed by atoms with Crippen molar-refractivity contribution in [2.24, 2.45) is 0 Å². The zero-order valence-electron chi connectivity index (χ0n) is 19.3. The van der Waals surface area contributed by atoms with Crippen molar-refractivity contribution in [3.05, 3.63) is 104 Å². The normalized spacial score (nSPS) is 12.0. The van der Waals surface area contributed by atoms with Crippen LogP contribution in [-0.2, 0) is 0 Å². The van der Waals surface area contributed by atoms with Gasteiger partial charge in [-0.25, -0.2) is 9.37 Å². The summed E-state index contributed by atoms with van der Waals surface area (Å²) < 4.78 is 15.4. The fourth-order valence-electron chi connectivity index (χ4n) is 4.22. The lowest BCUT2D eigenvalue weighted by molar-refractivity contribution is 0.0659. The lowest BCUT2D eigenvalue weighted by atomic mass is 10.1. The summed E-state index contributed by atoms with van der Waals surface area (Å²) in [5.41, 5.74) is 0.931. The van der Waals surface area contributed by atoms with Crippen LogP contribution in [-0.4, -0.2) is 26.9 Å². The van der Waals surface area contributed by atoms with Gasteiger partial charge < -0.3 is 4.90 Å². The number of hydrogen-bond donors (Lipinski definition) is 0. The highest BCUT2D eigenvalue weighted by Gasteiger charge is 2.30. The molecule has 1 atom stereocenters. The van der Waals surface area contributed by atoms with Crippen LogP contribution in [0.15, 0.2) is 71.5 Å². The van der Waals surface area contributed by atoms with Gasteiger partial charge in [0.25, 0.3) is 11.5 Å². The first-order valence-corrected chi connectivity index (χ1v) is 12.2. The number of aromatic nitrogens is 2. The number of halogens is 3. The van der Waals surface area contributed by atoms with Crippen LogP contribution < -0.4 is 5.56 Å². The molecule has 180 valence electrons. The van der Waals surface area contributed by atoms with Crippen molar-refractivity contribution in [2.45, 2.75) is 32.7 Å². The maximum absolute atomic E-state index is 14.0. The van der Waals surface area contributed by atoms with Gasteiger partial charge in [-0.1, -0.05) is 61.3 Å². The van der Waals surface area contributed by atoms with E-state index in [1.165, 1.54) is 22.8 Å². The number of fused-ring (bicyclic) bond motifs is 1. The lowest BCUT2D eigenvalue weighted by Gasteiger charge is -2.32. The minimum Gasteiger partial charge on any atom is -0.328 e. The van der Waals surface area contributed by atoms with Crippen molar-refractivity contribution < 1.29 is 9.18 Å². The second kappa shape index (κ2) is 10.6. The van der Waals surface area contributed by atoms with Crippen LogP contribution in [0.1, 0.15) is 48.9 Å². The smallest absolute Gasteiger partial charge is 0.266 e. The molecule has 5 nitrogen and oxygen atoms in total. The first-order chi connectivity index (χ1) is 16.9. The Morgan fingerprint density at radius 1 is 1.03 bits per heavy atom. The van der Waals surface area contributed by atoms with Crippen molar-refractivity contribution in [2.75, 3.05) is 6.54 Å². The molecule has 0 saturated heterocycles. The summed E-state index contributed by atoms with van der Waals surface area (Å²) in [4.78, 5) is 33.9.